The normalized spacial score (nSPS) is 20.9. The number of nitrogens with one attached hydrogen (secondary N) is 2. The molecule has 2 unspecified atom stereocenters. The molecule has 1 saturated heterocycles. The van der Waals surface area contributed by atoms with Crippen LogP contribution in [-0.4, -0.2) is 56.3 Å². The Hall–Kier alpha value is -2.71. The second kappa shape index (κ2) is 5.98. The molecule has 0 radical (unpaired) electrons. The maximum atomic E-state index is 12.3. The first-order chi connectivity index (χ1) is 12.0. The Morgan fingerprint density at radius 1 is 1.40 bits per heavy atom. The summed E-state index contributed by atoms with van der Waals surface area (Å²) in [7, 11) is 0. The van der Waals surface area contributed by atoms with Gasteiger partial charge in [0.15, 0.2) is 11.3 Å². The van der Waals surface area contributed by atoms with Crippen molar-refractivity contribution in [1.29, 1.82) is 0 Å². The first kappa shape index (κ1) is 15.8. The molecule has 0 bridgehead atoms. The highest BCUT2D eigenvalue weighted by atomic mass is 19.3. The molecule has 25 heavy (non-hydrogen) atoms. The van der Waals surface area contributed by atoms with Gasteiger partial charge in [-0.05, 0) is 12.0 Å². The molecule has 0 aromatic carbocycles. The van der Waals surface area contributed by atoms with Crippen molar-refractivity contribution in [2.75, 3.05) is 19.6 Å². The Labute approximate surface area is 142 Å². The van der Waals surface area contributed by atoms with Gasteiger partial charge in [0.25, 0.3) is 6.43 Å². The van der Waals surface area contributed by atoms with Gasteiger partial charge < -0.3 is 15.2 Å². The fourth-order valence-electron chi connectivity index (χ4n) is 3.55. The van der Waals surface area contributed by atoms with E-state index in [4.69, 9.17) is 0 Å². The molecule has 7 nitrogen and oxygen atoms in total. The fourth-order valence-corrected chi connectivity index (χ4v) is 3.55. The van der Waals surface area contributed by atoms with Gasteiger partial charge in [0.05, 0.1) is 18.3 Å². The van der Waals surface area contributed by atoms with Crippen LogP contribution >= 0.6 is 0 Å². The van der Waals surface area contributed by atoms with Crippen LogP contribution in [0.2, 0.25) is 0 Å². The summed E-state index contributed by atoms with van der Waals surface area (Å²) < 4.78 is 26.6. The third-order valence-electron chi connectivity index (χ3n) is 4.76. The van der Waals surface area contributed by atoms with Gasteiger partial charge in [-0.15, -0.1) is 0 Å². The minimum Gasteiger partial charge on any atom is -0.345 e. The minimum absolute atomic E-state index is 0.0767. The third kappa shape index (κ3) is 2.69. The molecule has 2 amide bonds. The molecule has 3 aromatic heterocycles. The predicted octanol–water partition coefficient (Wildman–Crippen LogP) is 2.22. The zero-order valence-corrected chi connectivity index (χ0v) is 13.6. The van der Waals surface area contributed by atoms with Crippen molar-refractivity contribution in [3.05, 3.63) is 30.4 Å². The highest BCUT2D eigenvalue weighted by molar-refractivity contribution is 5.76. The van der Waals surface area contributed by atoms with Crippen molar-refractivity contribution in [3.8, 4) is 0 Å². The predicted molar refractivity (Wildman–Crippen MR) is 87.7 cm³/mol. The molecule has 9 heteroatoms. The van der Waals surface area contributed by atoms with Crippen LogP contribution in [0.25, 0.3) is 16.8 Å². The van der Waals surface area contributed by atoms with E-state index in [9.17, 15) is 13.6 Å². The average molecular weight is 348 g/mol. The number of likely N-dealkylation sites (tertiary alicyclic amines) is 1. The Morgan fingerprint density at radius 2 is 2.24 bits per heavy atom. The first-order valence-corrected chi connectivity index (χ1v) is 8.15. The number of carbonyl (C=O) groups excluding carboxylic acids is 1. The summed E-state index contributed by atoms with van der Waals surface area (Å²) in [5.74, 6) is 0.271. The number of nitrogens with zero attached hydrogens (tertiary/aromatic N) is 4. The number of imidazole rings is 1. The van der Waals surface area contributed by atoms with Crippen molar-refractivity contribution in [3.63, 3.8) is 0 Å². The summed E-state index contributed by atoms with van der Waals surface area (Å²) >= 11 is 0. The minimum atomic E-state index is -2.55. The van der Waals surface area contributed by atoms with Crippen LogP contribution in [0.3, 0.4) is 0 Å². The molecule has 0 saturated carbocycles. The van der Waals surface area contributed by atoms with Gasteiger partial charge in [0, 0.05) is 37.1 Å². The fraction of sp³-hybridized carbons (Fsp3) is 0.438. The van der Waals surface area contributed by atoms with Crippen LogP contribution < -0.4 is 5.32 Å². The second-order valence-electron chi connectivity index (χ2n) is 6.41. The van der Waals surface area contributed by atoms with Gasteiger partial charge in [-0.3, -0.25) is 4.40 Å². The van der Waals surface area contributed by atoms with Crippen LogP contribution in [0.15, 0.2) is 24.7 Å². The van der Waals surface area contributed by atoms with Crippen LogP contribution in [-0.2, 0) is 0 Å². The maximum Gasteiger partial charge on any atom is 0.317 e. The van der Waals surface area contributed by atoms with Crippen LogP contribution in [0, 0.1) is 5.92 Å². The number of halogens is 2. The molecule has 1 fully saturated rings. The van der Waals surface area contributed by atoms with Crippen LogP contribution in [0.4, 0.5) is 13.6 Å². The summed E-state index contributed by atoms with van der Waals surface area (Å²) in [5.41, 5.74) is 3.44. The standard InChI is InChI=1S/C16H18F2N6O/c1-9-7-23(16(25)22-5-13(17)18)8-10(9)12-4-20-14-6-21-15-11(24(12)14)2-3-19-15/h2-4,6,9-10,13,19H,5,7-8H2,1H3,(H,22,25). The van der Waals surface area contributed by atoms with E-state index in [1.807, 2.05) is 22.9 Å². The van der Waals surface area contributed by atoms with E-state index in [0.29, 0.717) is 13.1 Å². The molecule has 4 rings (SSSR count). The Balaban J connectivity index is 1.63. The van der Waals surface area contributed by atoms with E-state index >= 15 is 0 Å². The molecule has 2 atom stereocenters. The first-order valence-electron chi connectivity index (χ1n) is 8.15. The number of urea groups is 1. The average Bonchev–Trinajstić information content (AvgIpc) is 3.28. The van der Waals surface area contributed by atoms with Gasteiger partial charge in [0.2, 0.25) is 0 Å². The van der Waals surface area contributed by atoms with Crippen LogP contribution in [0.5, 0.6) is 0 Å². The number of carbonyl (C=O) groups is 1. The number of amides is 2. The number of aromatic nitrogens is 4. The summed E-state index contributed by atoms with van der Waals surface area (Å²) in [6.45, 7) is 2.42. The number of hydrogen-bond donors (Lipinski definition) is 2. The summed E-state index contributed by atoms with van der Waals surface area (Å²) in [6, 6.07) is 1.49. The molecule has 0 spiro atoms. The molecule has 4 heterocycles. The molecular weight excluding hydrogens is 330 g/mol. The van der Waals surface area contributed by atoms with E-state index < -0.39 is 19.0 Å². The lowest BCUT2D eigenvalue weighted by atomic mass is 9.95. The molecule has 3 aromatic rings. The molecule has 1 aliphatic rings. The van der Waals surface area contributed by atoms with Crippen molar-refractivity contribution >= 4 is 22.8 Å². The smallest absolute Gasteiger partial charge is 0.317 e. The van der Waals surface area contributed by atoms with Gasteiger partial charge in [-0.25, -0.2) is 23.5 Å². The van der Waals surface area contributed by atoms with E-state index in [0.717, 1.165) is 22.5 Å². The Bertz CT molecular complexity index is 920. The maximum absolute atomic E-state index is 12.3. The second-order valence-corrected chi connectivity index (χ2v) is 6.41. The number of rotatable bonds is 3. The van der Waals surface area contributed by atoms with Gasteiger partial charge >= 0.3 is 6.03 Å². The van der Waals surface area contributed by atoms with E-state index in [1.54, 1.807) is 11.1 Å². The summed E-state index contributed by atoms with van der Waals surface area (Å²) in [5, 5.41) is 2.27. The Morgan fingerprint density at radius 3 is 3.04 bits per heavy atom. The number of alkyl halides is 2. The summed E-state index contributed by atoms with van der Waals surface area (Å²) in [6.07, 6.45) is 2.79. The number of fused-ring (bicyclic) bond motifs is 3. The largest absolute Gasteiger partial charge is 0.345 e. The molecule has 132 valence electrons. The monoisotopic (exact) mass is 348 g/mol. The van der Waals surface area contributed by atoms with Crippen molar-refractivity contribution < 1.29 is 13.6 Å². The van der Waals surface area contributed by atoms with Crippen molar-refractivity contribution in [1.82, 2.24) is 29.6 Å². The lowest BCUT2D eigenvalue weighted by molar-refractivity contribution is 0.141. The summed E-state index contributed by atoms with van der Waals surface area (Å²) in [4.78, 5) is 25.5. The molecule has 2 N–H and O–H groups in total. The lowest BCUT2D eigenvalue weighted by Gasteiger charge is -2.17. The number of aromatic amines is 1. The lowest BCUT2D eigenvalue weighted by Crippen LogP contribution is -2.40. The quantitative estimate of drug-likeness (QED) is 0.762. The topological polar surface area (TPSA) is 78.3 Å². The van der Waals surface area contributed by atoms with Gasteiger partial charge in [-0.1, -0.05) is 6.92 Å². The highest BCUT2D eigenvalue weighted by Crippen LogP contribution is 2.33. The highest BCUT2D eigenvalue weighted by Gasteiger charge is 2.35. The molecule has 0 aliphatic carbocycles. The molecular formula is C16H18F2N6O. The van der Waals surface area contributed by atoms with Gasteiger partial charge in [-0.2, -0.15) is 0 Å². The number of H-pyrrole nitrogens is 1. The zero-order chi connectivity index (χ0) is 17.6. The van der Waals surface area contributed by atoms with E-state index in [-0.39, 0.29) is 11.8 Å². The SMILES string of the molecule is CC1CN(C(=O)NCC(F)F)CC1c1cnc2cnc3[nH]ccc3n12. The number of hydrogen-bond acceptors (Lipinski definition) is 3. The van der Waals surface area contributed by atoms with Gasteiger partial charge in [0.1, 0.15) is 0 Å². The van der Waals surface area contributed by atoms with Crippen molar-refractivity contribution in [2.45, 2.75) is 19.3 Å². The Kier molecular flexibility index (Phi) is 3.78. The van der Waals surface area contributed by atoms with Crippen LogP contribution in [0.1, 0.15) is 18.5 Å². The van der Waals surface area contributed by atoms with Crippen molar-refractivity contribution in [2.24, 2.45) is 5.92 Å². The van der Waals surface area contributed by atoms with E-state index in [1.165, 1.54) is 0 Å². The molecule has 1 aliphatic heterocycles. The van der Waals surface area contributed by atoms with E-state index in [2.05, 4.69) is 27.2 Å². The zero-order valence-electron chi connectivity index (χ0n) is 13.6. The third-order valence-corrected chi connectivity index (χ3v) is 4.76.